The number of nitrogens with two attached hydrogens (primary N) is 1. The molecule has 1 aromatic heterocycles. The van der Waals surface area contributed by atoms with Gasteiger partial charge >= 0.3 is 0 Å². The molecule has 0 aliphatic carbocycles. The lowest BCUT2D eigenvalue weighted by Gasteiger charge is -2.07. The zero-order chi connectivity index (χ0) is 9.26. The highest BCUT2D eigenvalue weighted by molar-refractivity contribution is 5.18. The van der Waals surface area contributed by atoms with Crippen molar-refractivity contribution in [3.8, 4) is 0 Å². The van der Waals surface area contributed by atoms with Crippen molar-refractivity contribution in [2.75, 3.05) is 20.1 Å². The van der Waals surface area contributed by atoms with Gasteiger partial charge in [-0.05, 0) is 20.0 Å². The summed E-state index contributed by atoms with van der Waals surface area (Å²) < 4.78 is 5.23. The Hall–Kier alpha value is -0.870. The van der Waals surface area contributed by atoms with E-state index in [2.05, 4.69) is 17.1 Å². The third-order valence-corrected chi connectivity index (χ3v) is 2.66. The van der Waals surface area contributed by atoms with Crippen LogP contribution in [0.1, 0.15) is 23.7 Å². The fourth-order valence-corrected chi connectivity index (χ4v) is 1.91. The Kier molecular flexibility index (Phi) is 2.33. The lowest BCUT2D eigenvalue weighted by atomic mass is 10.0. The van der Waals surface area contributed by atoms with Crippen LogP contribution in [0.4, 0.5) is 0 Å². The summed E-state index contributed by atoms with van der Waals surface area (Å²) in [6.45, 7) is 2.72. The van der Waals surface area contributed by atoms with Gasteiger partial charge in [-0.2, -0.15) is 0 Å². The summed E-state index contributed by atoms with van der Waals surface area (Å²) >= 11 is 0. The van der Waals surface area contributed by atoms with E-state index in [1.807, 2.05) is 0 Å². The first-order valence-corrected chi connectivity index (χ1v) is 4.63. The maximum Gasteiger partial charge on any atom is 0.145 e. The second-order valence-corrected chi connectivity index (χ2v) is 3.67. The molecule has 1 fully saturated rings. The first kappa shape index (κ1) is 8.72. The summed E-state index contributed by atoms with van der Waals surface area (Å²) in [5.74, 6) is 1.48. The Morgan fingerprint density at radius 2 is 2.62 bits per heavy atom. The quantitative estimate of drug-likeness (QED) is 0.724. The first-order chi connectivity index (χ1) is 6.31. The largest absolute Gasteiger partial charge is 0.361 e. The van der Waals surface area contributed by atoms with Gasteiger partial charge in [-0.25, -0.2) is 0 Å². The molecule has 0 bridgehead atoms. The molecule has 1 unspecified atom stereocenters. The van der Waals surface area contributed by atoms with Crippen LogP contribution in [0.5, 0.6) is 0 Å². The average molecular weight is 181 g/mol. The zero-order valence-corrected chi connectivity index (χ0v) is 7.86. The first-order valence-electron chi connectivity index (χ1n) is 4.63. The maximum absolute atomic E-state index is 5.58. The predicted molar refractivity (Wildman–Crippen MR) is 49.2 cm³/mol. The van der Waals surface area contributed by atoms with Gasteiger partial charge in [0.05, 0.1) is 6.20 Å². The number of rotatable bonds is 2. The molecule has 4 heteroatoms. The van der Waals surface area contributed by atoms with Crippen LogP contribution in [-0.4, -0.2) is 30.2 Å². The Balaban J connectivity index is 2.16. The van der Waals surface area contributed by atoms with Crippen molar-refractivity contribution in [1.82, 2.24) is 10.1 Å². The lowest BCUT2D eigenvalue weighted by Crippen LogP contribution is -2.13. The second kappa shape index (κ2) is 3.47. The van der Waals surface area contributed by atoms with Crippen molar-refractivity contribution in [2.24, 2.45) is 5.73 Å². The average Bonchev–Trinajstić information content (AvgIpc) is 2.71. The van der Waals surface area contributed by atoms with E-state index in [1.54, 1.807) is 6.20 Å². The summed E-state index contributed by atoms with van der Waals surface area (Å²) in [5, 5.41) is 3.79. The highest BCUT2D eigenvalue weighted by Crippen LogP contribution is 2.28. The number of nitrogens with zero attached hydrogens (tertiary/aromatic N) is 2. The zero-order valence-electron chi connectivity index (χ0n) is 7.86. The Bertz CT molecular complexity index is 284. The summed E-state index contributed by atoms with van der Waals surface area (Å²) in [5.41, 5.74) is 6.64. The number of likely N-dealkylation sites (N-methyl/N-ethyl adjacent to an activating group) is 1. The topological polar surface area (TPSA) is 55.3 Å². The summed E-state index contributed by atoms with van der Waals surface area (Å²) in [6.07, 6.45) is 2.88. The number of hydrogen-bond acceptors (Lipinski definition) is 4. The minimum Gasteiger partial charge on any atom is -0.361 e. The van der Waals surface area contributed by atoms with Crippen LogP contribution in [0.15, 0.2) is 10.7 Å². The van der Waals surface area contributed by atoms with Crippen LogP contribution in [0.2, 0.25) is 0 Å². The maximum atomic E-state index is 5.58. The van der Waals surface area contributed by atoms with Gasteiger partial charge in [0.25, 0.3) is 0 Å². The van der Waals surface area contributed by atoms with Crippen molar-refractivity contribution in [3.63, 3.8) is 0 Å². The van der Waals surface area contributed by atoms with E-state index in [0.29, 0.717) is 12.5 Å². The molecule has 1 aromatic rings. The fourth-order valence-electron chi connectivity index (χ4n) is 1.91. The van der Waals surface area contributed by atoms with Crippen molar-refractivity contribution in [1.29, 1.82) is 0 Å². The molecule has 1 aliphatic rings. The van der Waals surface area contributed by atoms with Crippen molar-refractivity contribution in [3.05, 3.63) is 17.5 Å². The number of likely N-dealkylation sites (tertiary alicyclic amines) is 1. The van der Waals surface area contributed by atoms with Crippen LogP contribution in [0.25, 0.3) is 0 Å². The molecule has 4 nitrogen and oxygen atoms in total. The molecule has 0 aromatic carbocycles. The van der Waals surface area contributed by atoms with E-state index in [0.717, 1.165) is 30.8 Å². The highest BCUT2D eigenvalue weighted by Gasteiger charge is 2.26. The molecule has 2 rings (SSSR count). The monoisotopic (exact) mass is 181 g/mol. The van der Waals surface area contributed by atoms with Gasteiger partial charge in [-0.15, -0.1) is 0 Å². The standard InChI is InChI=1S/C9H15N3O/c1-12-3-2-7(6-12)9-8(4-10)5-11-13-9/h5,7H,2-4,6,10H2,1H3. The molecule has 72 valence electrons. The van der Waals surface area contributed by atoms with E-state index in [4.69, 9.17) is 10.3 Å². The molecule has 2 N–H and O–H groups in total. The molecular formula is C9H15N3O. The third-order valence-electron chi connectivity index (χ3n) is 2.66. The molecule has 0 spiro atoms. The molecule has 1 atom stereocenters. The van der Waals surface area contributed by atoms with Crippen molar-refractivity contribution in [2.45, 2.75) is 18.9 Å². The summed E-state index contributed by atoms with van der Waals surface area (Å²) in [6, 6.07) is 0. The predicted octanol–water partition coefficient (Wildman–Crippen LogP) is 0.552. The van der Waals surface area contributed by atoms with E-state index in [9.17, 15) is 0 Å². The molecule has 2 heterocycles. The molecule has 13 heavy (non-hydrogen) atoms. The minimum atomic E-state index is 0.492. The van der Waals surface area contributed by atoms with Crippen molar-refractivity contribution < 1.29 is 4.52 Å². The van der Waals surface area contributed by atoms with Gasteiger partial charge in [0.15, 0.2) is 0 Å². The molecule has 0 saturated carbocycles. The molecule has 1 saturated heterocycles. The van der Waals surface area contributed by atoms with Gasteiger partial charge in [0, 0.05) is 24.6 Å². The number of aromatic nitrogens is 1. The summed E-state index contributed by atoms with van der Waals surface area (Å²) in [4.78, 5) is 2.30. The van der Waals surface area contributed by atoms with Crippen LogP contribution in [0, 0.1) is 0 Å². The highest BCUT2D eigenvalue weighted by atomic mass is 16.5. The Morgan fingerprint density at radius 1 is 1.77 bits per heavy atom. The van der Waals surface area contributed by atoms with Crippen LogP contribution < -0.4 is 5.73 Å². The van der Waals surface area contributed by atoms with Crippen LogP contribution in [-0.2, 0) is 6.54 Å². The molecular weight excluding hydrogens is 166 g/mol. The van der Waals surface area contributed by atoms with E-state index in [-0.39, 0.29) is 0 Å². The number of hydrogen-bond donors (Lipinski definition) is 1. The Morgan fingerprint density at radius 3 is 3.23 bits per heavy atom. The normalized spacial score (nSPS) is 24.0. The van der Waals surface area contributed by atoms with Crippen molar-refractivity contribution >= 4 is 0 Å². The van der Waals surface area contributed by atoms with Gasteiger partial charge < -0.3 is 15.2 Å². The van der Waals surface area contributed by atoms with Crippen LogP contribution in [0.3, 0.4) is 0 Å². The van der Waals surface area contributed by atoms with E-state index in [1.165, 1.54) is 0 Å². The summed E-state index contributed by atoms with van der Waals surface area (Å²) in [7, 11) is 2.12. The minimum absolute atomic E-state index is 0.492. The van der Waals surface area contributed by atoms with Gasteiger partial charge in [0.2, 0.25) is 0 Å². The SMILES string of the molecule is CN1CCC(c2oncc2CN)C1. The Labute approximate surface area is 77.7 Å². The van der Waals surface area contributed by atoms with Gasteiger partial charge in [0.1, 0.15) is 5.76 Å². The van der Waals surface area contributed by atoms with Gasteiger partial charge in [-0.1, -0.05) is 5.16 Å². The van der Waals surface area contributed by atoms with Crippen LogP contribution >= 0.6 is 0 Å². The molecule has 0 radical (unpaired) electrons. The fraction of sp³-hybridized carbons (Fsp3) is 0.667. The molecule has 0 amide bonds. The second-order valence-electron chi connectivity index (χ2n) is 3.67. The van der Waals surface area contributed by atoms with E-state index >= 15 is 0 Å². The third kappa shape index (κ3) is 1.59. The molecule has 1 aliphatic heterocycles. The lowest BCUT2D eigenvalue weighted by molar-refractivity contribution is 0.349. The van der Waals surface area contributed by atoms with Gasteiger partial charge in [-0.3, -0.25) is 0 Å². The van der Waals surface area contributed by atoms with E-state index < -0.39 is 0 Å². The smallest absolute Gasteiger partial charge is 0.145 e.